The molecular formula is C10H13BrO2. The average molecular weight is 245 g/mol. The average Bonchev–Trinajstić information content (AvgIpc) is 1.98. The zero-order chi connectivity index (χ0) is 9.84. The minimum Gasteiger partial charge on any atom is -0.491 e. The van der Waals surface area contributed by atoms with Crippen molar-refractivity contribution in [2.75, 3.05) is 0 Å². The van der Waals surface area contributed by atoms with Gasteiger partial charge in [0.1, 0.15) is 11.9 Å². The number of halogens is 1. The van der Waals surface area contributed by atoms with Crippen molar-refractivity contribution < 1.29 is 9.84 Å². The molecule has 2 nitrogen and oxygen atoms in total. The molecule has 1 saturated carbocycles. The molecule has 0 saturated heterocycles. The Morgan fingerprint density at radius 3 is 2.46 bits per heavy atom. The summed E-state index contributed by atoms with van der Waals surface area (Å²) in [5.41, 5.74) is 0. The molecule has 0 unspecified atom stereocenters. The van der Waals surface area contributed by atoms with E-state index < -0.39 is 0 Å². The SMILES string of the molecule is C=C(Br)/C=C\C(=C)OC1CC(O)C1. The van der Waals surface area contributed by atoms with Crippen LogP contribution in [0.1, 0.15) is 12.8 Å². The van der Waals surface area contributed by atoms with Gasteiger partial charge in [-0.2, -0.15) is 0 Å². The third kappa shape index (κ3) is 3.79. The van der Waals surface area contributed by atoms with Gasteiger partial charge in [-0.1, -0.05) is 29.1 Å². The van der Waals surface area contributed by atoms with Crippen LogP contribution in [-0.4, -0.2) is 17.3 Å². The van der Waals surface area contributed by atoms with E-state index in [1.54, 1.807) is 12.2 Å². The third-order valence-corrected chi connectivity index (χ3v) is 2.10. The van der Waals surface area contributed by atoms with Gasteiger partial charge in [0.25, 0.3) is 0 Å². The number of aliphatic hydroxyl groups excluding tert-OH is 1. The van der Waals surface area contributed by atoms with Crippen LogP contribution in [-0.2, 0) is 4.74 Å². The van der Waals surface area contributed by atoms with E-state index in [1.807, 2.05) is 0 Å². The molecule has 0 amide bonds. The summed E-state index contributed by atoms with van der Waals surface area (Å²) in [4.78, 5) is 0. The Morgan fingerprint density at radius 2 is 2.00 bits per heavy atom. The molecule has 0 aromatic carbocycles. The number of ether oxygens (including phenoxy) is 1. The van der Waals surface area contributed by atoms with Crippen LogP contribution in [0.25, 0.3) is 0 Å². The Bertz CT molecular complexity index is 239. The van der Waals surface area contributed by atoms with E-state index >= 15 is 0 Å². The number of hydrogen-bond donors (Lipinski definition) is 1. The molecule has 0 atom stereocenters. The van der Waals surface area contributed by atoms with Gasteiger partial charge in [0.15, 0.2) is 0 Å². The molecule has 0 radical (unpaired) electrons. The van der Waals surface area contributed by atoms with Crippen LogP contribution in [0.2, 0.25) is 0 Å². The first kappa shape index (κ1) is 10.5. The van der Waals surface area contributed by atoms with Gasteiger partial charge in [-0.05, 0) is 12.2 Å². The molecular weight excluding hydrogens is 232 g/mol. The van der Waals surface area contributed by atoms with Crippen molar-refractivity contribution in [3.63, 3.8) is 0 Å². The van der Waals surface area contributed by atoms with Crippen molar-refractivity contribution in [1.82, 2.24) is 0 Å². The summed E-state index contributed by atoms with van der Waals surface area (Å²) in [6.45, 7) is 7.37. The highest BCUT2D eigenvalue weighted by atomic mass is 79.9. The summed E-state index contributed by atoms with van der Waals surface area (Å²) < 4.78 is 6.19. The predicted octanol–water partition coefficient (Wildman–Crippen LogP) is 2.50. The van der Waals surface area contributed by atoms with E-state index in [4.69, 9.17) is 9.84 Å². The van der Waals surface area contributed by atoms with Crippen LogP contribution in [0.4, 0.5) is 0 Å². The van der Waals surface area contributed by atoms with E-state index in [-0.39, 0.29) is 12.2 Å². The van der Waals surface area contributed by atoms with Crippen molar-refractivity contribution in [1.29, 1.82) is 0 Å². The smallest absolute Gasteiger partial charge is 0.112 e. The molecule has 13 heavy (non-hydrogen) atoms. The summed E-state index contributed by atoms with van der Waals surface area (Å²) in [7, 11) is 0. The molecule has 1 N–H and O–H groups in total. The summed E-state index contributed by atoms with van der Waals surface area (Å²) in [6, 6.07) is 0. The zero-order valence-corrected chi connectivity index (χ0v) is 8.96. The highest BCUT2D eigenvalue weighted by Crippen LogP contribution is 2.25. The first-order chi connectivity index (χ1) is 6.08. The maximum atomic E-state index is 9.00. The summed E-state index contributed by atoms with van der Waals surface area (Å²) in [5, 5.41) is 9.00. The second kappa shape index (κ2) is 4.63. The monoisotopic (exact) mass is 244 g/mol. The van der Waals surface area contributed by atoms with Crippen LogP contribution in [0.15, 0.2) is 35.6 Å². The maximum Gasteiger partial charge on any atom is 0.112 e. The Labute approximate surface area is 86.7 Å². The molecule has 72 valence electrons. The number of rotatable bonds is 4. The van der Waals surface area contributed by atoms with Gasteiger partial charge in [0.2, 0.25) is 0 Å². The van der Waals surface area contributed by atoms with Crippen LogP contribution in [0.3, 0.4) is 0 Å². The molecule has 0 heterocycles. The van der Waals surface area contributed by atoms with Crippen molar-refractivity contribution in [2.45, 2.75) is 25.0 Å². The lowest BCUT2D eigenvalue weighted by Crippen LogP contribution is -2.34. The van der Waals surface area contributed by atoms with Gasteiger partial charge in [-0.25, -0.2) is 0 Å². The van der Waals surface area contributed by atoms with Crippen LogP contribution in [0.5, 0.6) is 0 Å². The Kier molecular flexibility index (Phi) is 3.75. The predicted molar refractivity (Wildman–Crippen MR) is 56.5 cm³/mol. The summed E-state index contributed by atoms with van der Waals surface area (Å²) in [5.74, 6) is 0.609. The van der Waals surface area contributed by atoms with Gasteiger partial charge >= 0.3 is 0 Å². The van der Waals surface area contributed by atoms with E-state index in [2.05, 4.69) is 29.1 Å². The van der Waals surface area contributed by atoms with Crippen molar-refractivity contribution in [3.8, 4) is 0 Å². The van der Waals surface area contributed by atoms with Crippen molar-refractivity contribution in [3.05, 3.63) is 35.6 Å². The minimum atomic E-state index is -0.187. The molecule has 0 aromatic rings. The first-order valence-electron chi connectivity index (χ1n) is 4.14. The molecule has 1 aliphatic rings. The van der Waals surface area contributed by atoms with Gasteiger partial charge in [-0.15, -0.1) is 0 Å². The zero-order valence-electron chi connectivity index (χ0n) is 7.37. The standard InChI is InChI=1S/C10H13BrO2/c1-7(11)3-4-8(2)13-10-5-9(12)6-10/h3-4,9-10,12H,1-2,5-6H2/b4-3-. The third-order valence-electron chi connectivity index (χ3n) is 1.84. The largest absolute Gasteiger partial charge is 0.491 e. The molecule has 1 fully saturated rings. The highest BCUT2D eigenvalue weighted by Gasteiger charge is 2.28. The van der Waals surface area contributed by atoms with Gasteiger partial charge < -0.3 is 9.84 Å². The lowest BCUT2D eigenvalue weighted by atomic mass is 9.92. The molecule has 1 rings (SSSR count). The van der Waals surface area contributed by atoms with E-state index in [1.165, 1.54) is 0 Å². The summed E-state index contributed by atoms with van der Waals surface area (Å²) >= 11 is 3.19. The fraction of sp³-hybridized carbons (Fsp3) is 0.400. The fourth-order valence-corrected chi connectivity index (χ4v) is 1.20. The molecule has 0 aromatic heterocycles. The second-order valence-electron chi connectivity index (χ2n) is 3.11. The van der Waals surface area contributed by atoms with Gasteiger partial charge in [-0.3, -0.25) is 0 Å². The highest BCUT2D eigenvalue weighted by molar-refractivity contribution is 9.11. The summed E-state index contributed by atoms with van der Waals surface area (Å²) in [6.07, 6.45) is 4.90. The number of hydrogen-bond acceptors (Lipinski definition) is 2. The van der Waals surface area contributed by atoms with E-state index in [0.29, 0.717) is 18.6 Å². The van der Waals surface area contributed by atoms with Gasteiger partial charge in [0, 0.05) is 17.3 Å². The topological polar surface area (TPSA) is 29.5 Å². The quantitative estimate of drug-likeness (QED) is 0.609. The minimum absolute atomic E-state index is 0.135. The molecule has 0 spiro atoms. The molecule has 1 aliphatic carbocycles. The van der Waals surface area contributed by atoms with Gasteiger partial charge in [0.05, 0.1) is 6.10 Å². The molecule has 0 aliphatic heterocycles. The Balaban J connectivity index is 2.22. The molecule has 0 bridgehead atoms. The first-order valence-corrected chi connectivity index (χ1v) is 4.93. The lowest BCUT2D eigenvalue weighted by molar-refractivity contribution is -0.0397. The molecule has 3 heteroatoms. The lowest BCUT2D eigenvalue weighted by Gasteiger charge is -2.31. The number of aliphatic hydroxyl groups is 1. The van der Waals surface area contributed by atoms with Crippen LogP contribution in [0, 0.1) is 0 Å². The van der Waals surface area contributed by atoms with E-state index in [0.717, 1.165) is 4.48 Å². The fourth-order valence-electron chi connectivity index (χ4n) is 1.07. The van der Waals surface area contributed by atoms with Crippen molar-refractivity contribution in [2.24, 2.45) is 0 Å². The maximum absolute atomic E-state index is 9.00. The van der Waals surface area contributed by atoms with Crippen LogP contribution >= 0.6 is 15.9 Å². The van der Waals surface area contributed by atoms with E-state index in [9.17, 15) is 0 Å². The Morgan fingerprint density at radius 1 is 1.38 bits per heavy atom. The normalized spacial score (nSPS) is 26.9. The Hall–Kier alpha value is -0.540. The second-order valence-corrected chi connectivity index (χ2v) is 4.13. The van der Waals surface area contributed by atoms with Crippen LogP contribution < -0.4 is 0 Å². The van der Waals surface area contributed by atoms with Crippen molar-refractivity contribution >= 4 is 15.9 Å². The number of allylic oxidation sites excluding steroid dienone is 3.